The molecule has 0 atom stereocenters. The van der Waals surface area contributed by atoms with Gasteiger partial charge in [-0.1, -0.05) is 18.2 Å². The van der Waals surface area contributed by atoms with E-state index in [0.717, 1.165) is 13.0 Å². The molecular formula is C16H23NO2. The highest BCUT2D eigenvalue weighted by molar-refractivity contribution is 5.75. The van der Waals surface area contributed by atoms with Crippen molar-refractivity contribution < 1.29 is 9.90 Å². The van der Waals surface area contributed by atoms with Crippen molar-refractivity contribution in [2.45, 2.75) is 38.5 Å². The highest BCUT2D eigenvalue weighted by Crippen LogP contribution is 2.23. The van der Waals surface area contributed by atoms with Crippen molar-refractivity contribution in [3.8, 4) is 0 Å². The third-order valence-corrected chi connectivity index (χ3v) is 3.87. The zero-order valence-electron chi connectivity index (χ0n) is 11.7. The predicted molar refractivity (Wildman–Crippen MR) is 76.1 cm³/mol. The number of hydrogen-bond donors (Lipinski definition) is 1. The summed E-state index contributed by atoms with van der Waals surface area (Å²) < 4.78 is 0. The highest BCUT2D eigenvalue weighted by Gasteiger charge is 2.12. The lowest BCUT2D eigenvalue weighted by molar-refractivity contribution is -0.130. The number of likely N-dealkylation sites (N-methyl/N-ethyl adjacent to an activating group) is 1. The molecule has 0 aliphatic heterocycles. The maximum Gasteiger partial charge on any atom is 0.222 e. The smallest absolute Gasteiger partial charge is 0.222 e. The van der Waals surface area contributed by atoms with Gasteiger partial charge >= 0.3 is 0 Å². The highest BCUT2D eigenvalue weighted by atomic mass is 16.3. The maximum absolute atomic E-state index is 11.7. The summed E-state index contributed by atoms with van der Waals surface area (Å²) in [5.74, 6) is 0.121. The van der Waals surface area contributed by atoms with Crippen molar-refractivity contribution in [3.05, 3.63) is 34.9 Å². The van der Waals surface area contributed by atoms with E-state index in [1.165, 1.54) is 36.0 Å². The quantitative estimate of drug-likeness (QED) is 0.850. The maximum atomic E-state index is 11.7. The van der Waals surface area contributed by atoms with E-state index in [1.807, 2.05) is 7.05 Å². The minimum atomic E-state index is 0.0877. The fourth-order valence-electron chi connectivity index (χ4n) is 2.62. The number of hydrogen-bond acceptors (Lipinski definition) is 2. The summed E-state index contributed by atoms with van der Waals surface area (Å²) in [7, 11) is 1.84. The molecule has 1 amide bonds. The largest absolute Gasteiger partial charge is 0.396 e. The zero-order chi connectivity index (χ0) is 13.7. The molecule has 0 spiro atoms. The van der Waals surface area contributed by atoms with Crippen molar-refractivity contribution in [3.63, 3.8) is 0 Å². The molecule has 0 radical (unpaired) electrons. The average Bonchev–Trinajstić information content (AvgIpc) is 2.89. The van der Waals surface area contributed by atoms with E-state index in [1.54, 1.807) is 4.90 Å². The van der Waals surface area contributed by atoms with Gasteiger partial charge in [-0.3, -0.25) is 4.79 Å². The molecule has 0 heterocycles. The summed E-state index contributed by atoms with van der Waals surface area (Å²) in [6.45, 7) is 0.841. The Morgan fingerprint density at radius 3 is 2.89 bits per heavy atom. The number of carbonyl (C=O) groups excluding carboxylic acids is 1. The van der Waals surface area contributed by atoms with Crippen LogP contribution in [-0.4, -0.2) is 36.1 Å². The summed E-state index contributed by atoms with van der Waals surface area (Å²) in [6.07, 6.45) is 5.61. The van der Waals surface area contributed by atoms with Crippen LogP contribution in [0, 0.1) is 0 Å². The SMILES string of the molecule is CN(CCc1ccc2c(c1)CCC2)C(=O)CCCO. The first-order valence-corrected chi connectivity index (χ1v) is 7.16. The Morgan fingerprint density at radius 1 is 1.32 bits per heavy atom. The summed E-state index contributed by atoms with van der Waals surface area (Å²) in [4.78, 5) is 13.5. The lowest BCUT2D eigenvalue weighted by Crippen LogP contribution is -2.28. The molecule has 3 nitrogen and oxygen atoms in total. The summed E-state index contributed by atoms with van der Waals surface area (Å²) in [6, 6.07) is 6.73. The fraction of sp³-hybridized carbons (Fsp3) is 0.562. The van der Waals surface area contributed by atoms with Gasteiger partial charge in [-0.05, 0) is 48.8 Å². The Kier molecular flexibility index (Phi) is 4.97. The molecule has 1 aromatic rings. The minimum absolute atomic E-state index is 0.0877. The van der Waals surface area contributed by atoms with Crippen molar-refractivity contribution in [1.82, 2.24) is 4.90 Å². The first kappa shape index (κ1) is 14.1. The van der Waals surface area contributed by atoms with E-state index in [-0.39, 0.29) is 12.5 Å². The number of amides is 1. The van der Waals surface area contributed by atoms with E-state index in [0.29, 0.717) is 12.8 Å². The molecule has 0 bridgehead atoms. The Morgan fingerprint density at radius 2 is 2.11 bits per heavy atom. The third kappa shape index (κ3) is 3.80. The van der Waals surface area contributed by atoms with Crippen LogP contribution in [0.25, 0.3) is 0 Å². The molecule has 0 unspecified atom stereocenters. The van der Waals surface area contributed by atoms with E-state index in [9.17, 15) is 4.79 Å². The van der Waals surface area contributed by atoms with E-state index < -0.39 is 0 Å². The average molecular weight is 261 g/mol. The van der Waals surface area contributed by atoms with E-state index in [4.69, 9.17) is 5.11 Å². The molecule has 1 aliphatic carbocycles. The van der Waals surface area contributed by atoms with Crippen molar-refractivity contribution >= 4 is 5.91 Å². The number of carbonyl (C=O) groups is 1. The standard InChI is InChI=1S/C16H23NO2/c1-17(16(19)6-3-11-18)10-9-13-7-8-14-4-2-5-15(14)12-13/h7-8,12,18H,2-6,9-11H2,1H3. The number of fused-ring (bicyclic) bond motifs is 1. The predicted octanol–water partition coefficient (Wildman–Crippen LogP) is 1.95. The molecule has 2 rings (SSSR count). The van der Waals surface area contributed by atoms with Gasteiger partial charge in [0.1, 0.15) is 0 Å². The number of benzene rings is 1. The second kappa shape index (κ2) is 6.71. The second-order valence-electron chi connectivity index (χ2n) is 5.35. The molecule has 104 valence electrons. The van der Waals surface area contributed by atoms with Crippen LogP contribution in [0.1, 0.15) is 36.0 Å². The minimum Gasteiger partial charge on any atom is -0.396 e. The van der Waals surface area contributed by atoms with E-state index in [2.05, 4.69) is 18.2 Å². The molecule has 0 fully saturated rings. The van der Waals surface area contributed by atoms with Gasteiger partial charge in [-0.25, -0.2) is 0 Å². The second-order valence-corrected chi connectivity index (χ2v) is 5.35. The van der Waals surface area contributed by atoms with Crippen LogP contribution in [0.15, 0.2) is 18.2 Å². The Hall–Kier alpha value is -1.35. The van der Waals surface area contributed by atoms with Gasteiger partial charge in [0, 0.05) is 26.6 Å². The van der Waals surface area contributed by atoms with Crippen LogP contribution < -0.4 is 0 Å². The van der Waals surface area contributed by atoms with Crippen molar-refractivity contribution in [2.24, 2.45) is 0 Å². The molecule has 0 saturated heterocycles. The lowest BCUT2D eigenvalue weighted by Gasteiger charge is -2.17. The van der Waals surface area contributed by atoms with Crippen LogP contribution in [-0.2, 0) is 24.1 Å². The number of aryl methyl sites for hydroxylation is 2. The van der Waals surface area contributed by atoms with Gasteiger partial charge < -0.3 is 10.0 Å². The summed E-state index contributed by atoms with van der Waals surface area (Å²) in [5.41, 5.74) is 4.31. The van der Waals surface area contributed by atoms with Gasteiger partial charge in [0.25, 0.3) is 0 Å². The molecular weight excluding hydrogens is 238 g/mol. The Bertz CT molecular complexity index is 442. The third-order valence-electron chi connectivity index (χ3n) is 3.87. The summed E-state index contributed by atoms with van der Waals surface area (Å²) >= 11 is 0. The monoisotopic (exact) mass is 261 g/mol. The molecule has 19 heavy (non-hydrogen) atoms. The van der Waals surface area contributed by atoms with Crippen LogP contribution >= 0.6 is 0 Å². The molecule has 0 saturated carbocycles. The van der Waals surface area contributed by atoms with Gasteiger partial charge in [-0.15, -0.1) is 0 Å². The topological polar surface area (TPSA) is 40.5 Å². The number of aliphatic hydroxyl groups is 1. The number of nitrogens with zero attached hydrogens (tertiary/aromatic N) is 1. The first-order valence-electron chi connectivity index (χ1n) is 7.16. The molecule has 1 aliphatic rings. The van der Waals surface area contributed by atoms with Crippen LogP contribution in [0.5, 0.6) is 0 Å². The van der Waals surface area contributed by atoms with Crippen LogP contribution in [0.3, 0.4) is 0 Å². The normalized spacial score (nSPS) is 13.4. The molecule has 0 aromatic heterocycles. The fourth-order valence-corrected chi connectivity index (χ4v) is 2.62. The molecule has 1 aromatic carbocycles. The lowest BCUT2D eigenvalue weighted by atomic mass is 10.0. The van der Waals surface area contributed by atoms with Crippen molar-refractivity contribution in [2.75, 3.05) is 20.2 Å². The Labute approximate surface area is 115 Å². The Balaban J connectivity index is 1.83. The van der Waals surface area contributed by atoms with Crippen LogP contribution in [0.2, 0.25) is 0 Å². The van der Waals surface area contributed by atoms with Crippen molar-refractivity contribution in [1.29, 1.82) is 0 Å². The van der Waals surface area contributed by atoms with Gasteiger partial charge in [0.2, 0.25) is 5.91 Å². The van der Waals surface area contributed by atoms with E-state index >= 15 is 0 Å². The number of aliphatic hydroxyl groups excluding tert-OH is 1. The first-order chi connectivity index (χ1) is 9.20. The molecule has 3 heteroatoms. The summed E-state index contributed by atoms with van der Waals surface area (Å²) in [5, 5.41) is 8.72. The number of rotatable bonds is 6. The van der Waals surface area contributed by atoms with Gasteiger partial charge in [0.05, 0.1) is 0 Å². The molecule has 1 N–H and O–H groups in total. The van der Waals surface area contributed by atoms with Gasteiger partial charge in [0.15, 0.2) is 0 Å². The van der Waals surface area contributed by atoms with Crippen LogP contribution in [0.4, 0.5) is 0 Å². The van der Waals surface area contributed by atoms with Gasteiger partial charge in [-0.2, -0.15) is 0 Å². The zero-order valence-corrected chi connectivity index (χ0v) is 11.7.